The number of hydrogen-bond acceptors (Lipinski definition) is 4. The normalized spacial score (nSPS) is 16.0. The first-order chi connectivity index (χ1) is 11.8. The molecule has 5 nitrogen and oxygen atoms in total. The Kier molecular flexibility index (Phi) is 4.49. The van der Waals surface area contributed by atoms with E-state index in [1.165, 1.54) is 16.6 Å². The molecule has 2 N–H and O–H groups in total. The van der Waals surface area contributed by atoms with E-state index in [1.807, 2.05) is 12.1 Å². The number of halogens is 1. The maximum Gasteiger partial charge on any atom is 0.151 e. The third-order valence-electron chi connectivity index (χ3n) is 4.63. The van der Waals surface area contributed by atoms with Crippen molar-refractivity contribution < 1.29 is 0 Å². The second kappa shape index (κ2) is 6.91. The predicted molar refractivity (Wildman–Crippen MR) is 100 cm³/mol. The standard InChI is InChI=1S/C18H20BrN5/c19-16-3-1-4-17-15(16)11-14(22-17)12-20-13-6-9-24(10-7-13)18-5-2-8-21-23-18/h1-5,8,11,13,20,22H,6-7,9-10,12H2. The lowest BCUT2D eigenvalue weighted by Crippen LogP contribution is -2.42. The minimum atomic E-state index is 0.549. The highest BCUT2D eigenvalue weighted by atomic mass is 79.9. The first kappa shape index (κ1) is 15.6. The molecule has 4 rings (SSSR count). The molecule has 0 saturated carbocycles. The summed E-state index contributed by atoms with van der Waals surface area (Å²) in [5, 5.41) is 13.1. The lowest BCUT2D eigenvalue weighted by atomic mass is 10.0. The average molecular weight is 386 g/mol. The van der Waals surface area contributed by atoms with Crippen molar-refractivity contribution in [2.24, 2.45) is 0 Å². The number of fused-ring (bicyclic) bond motifs is 1. The minimum absolute atomic E-state index is 0.549. The number of rotatable bonds is 4. The zero-order valence-corrected chi connectivity index (χ0v) is 15.0. The fraction of sp³-hybridized carbons (Fsp3) is 0.333. The van der Waals surface area contributed by atoms with Crippen molar-refractivity contribution >= 4 is 32.7 Å². The van der Waals surface area contributed by atoms with E-state index in [-0.39, 0.29) is 0 Å². The Morgan fingerprint density at radius 3 is 2.83 bits per heavy atom. The number of piperidine rings is 1. The van der Waals surface area contributed by atoms with Crippen LogP contribution >= 0.6 is 15.9 Å². The van der Waals surface area contributed by atoms with Crippen LogP contribution in [0.3, 0.4) is 0 Å². The number of aromatic nitrogens is 3. The van der Waals surface area contributed by atoms with E-state index in [0.29, 0.717) is 6.04 Å². The van der Waals surface area contributed by atoms with E-state index >= 15 is 0 Å². The molecule has 6 heteroatoms. The van der Waals surface area contributed by atoms with Gasteiger partial charge in [-0.15, -0.1) is 5.10 Å². The van der Waals surface area contributed by atoms with Crippen molar-refractivity contribution in [1.29, 1.82) is 0 Å². The summed E-state index contributed by atoms with van der Waals surface area (Å²) in [5.74, 6) is 0.983. The first-order valence-corrected chi connectivity index (χ1v) is 9.11. The lowest BCUT2D eigenvalue weighted by Gasteiger charge is -2.32. The monoisotopic (exact) mass is 385 g/mol. The SMILES string of the molecule is Brc1cccc2[nH]c(CNC3CCN(c4cccnn4)CC3)cc12. The Labute approximate surface area is 149 Å². The molecule has 3 heterocycles. The van der Waals surface area contributed by atoms with Gasteiger partial charge in [0.1, 0.15) is 0 Å². The number of H-pyrrole nitrogens is 1. The highest BCUT2D eigenvalue weighted by molar-refractivity contribution is 9.10. The van der Waals surface area contributed by atoms with Crippen LogP contribution in [-0.4, -0.2) is 34.3 Å². The van der Waals surface area contributed by atoms with Crippen LogP contribution in [0.2, 0.25) is 0 Å². The number of nitrogens with zero attached hydrogens (tertiary/aromatic N) is 3. The highest BCUT2D eigenvalue weighted by Crippen LogP contribution is 2.24. The van der Waals surface area contributed by atoms with Gasteiger partial charge in [-0.05, 0) is 43.2 Å². The van der Waals surface area contributed by atoms with Crippen LogP contribution in [0, 0.1) is 0 Å². The van der Waals surface area contributed by atoms with Crippen LogP contribution in [0.25, 0.3) is 10.9 Å². The molecule has 0 aliphatic carbocycles. The van der Waals surface area contributed by atoms with Crippen LogP contribution in [0.5, 0.6) is 0 Å². The van der Waals surface area contributed by atoms with Crippen molar-refractivity contribution in [3.05, 3.63) is 52.8 Å². The Morgan fingerprint density at radius 2 is 2.08 bits per heavy atom. The second-order valence-electron chi connectivity index (χ2n) is 6.22. The highest BCUT2D eigenvalue weighted by Gasteiger charge is 2.20. The fourth-order valence-corrected chi connectivity index (χ4v) is 3.78. The maximum atomic E-state index is 4.20. The van der Waals surface area contributed by atoms with E-state index in [0.717, 1.165) is 42.8 Å². The molecular formula is C18H20BrN5. The minimum Gasteiger partial charge on any atom is -0.357 e. The Bertz CT molecular complexity index is 809. The number of benzene rings is 1. The molecule has 24 heavy (non-hydrogen) atoms. The Morgan fingerprint density at radius 1 is 1.21 bits per heavy atom. The lowest BCUT2D eigenvalue weighted by molar-refractivity contribution is 0.411. The van der Waals surface area contributed by atoms with Gasteiger partial charge in [-0.1, -0.05) is 22.0 Å². The van der Waals surface area contributed by atoms with Gasteiger partial charge in [-0.25, -0.2) is 0 Å². The fourth-order valence-electron chi connectivity index (χ4n) is 3.30. The Hall–Kier alpha value is -1.92. The molecule has 0 amide bonds. The summed E-state index contributed by atoms with van der Waals surface area (Å²) >= 11 is 3.61. The zero-order chi connectivity index (χ0) is 16.4. The quantitative estimate of drug-likeness (QED) is 0.721. The summed E-state index contributed by atoms with van der Waals surface area (Å²) in [6.45, 7) is 2.92. The van der Waals surface area contributed by atoms with Crippen molar-refractivity contribution in [2.75, 3.05) is 18.0 Å². The third-order valence-corrected chi connectivity index (χ3v) is 5.32. The second-order valence-corrected chi connectivity index (χ2v) is 7.07. The molecule has 1 aliphatic heterocycles. The van der Waals surface area contributed by atoms with Crippen LogP contribution in [0.4, 0.5) is 5.82 Å². The van der Waals surface area contributed by atoms with Crippen LogP contribution in [0.15, 0.2) is 47.1 Å². The van der Waals surface area contributed by atoms with Crippen molar-refractivity contribution in [1.82, 2.24) is 20.5 Å². The molecule has 3 aromatic rings. The predicted octanol–water partition coefficient (Wildman–Crippen LogP) is 3.48. The Balaban J connectivity index is 1.33. The molecule has 1 fully saturated rings. The largest absolute Gasteiger partial charge is 0.357 e. The van der Waals surface area contributed by atoms with E-state index in [1.54, 1.807) is 6.20 Å². The molecule has 0 radical (unpaired) electrons. The van der Waals surface area contributed by atoms with Gasteiger partial charge in [0.05, 0.1) is 0 Å². The topological polar surface area (TPSA) is 56.8 Å². The average Bonchev–Trinajstić information content (AvgIpc) is 3.06. The van der Waals surface area contributed by atoms with E-state index in [9.17, 15) is 0 Å². The summed E-state index contributed by atoms with van der Waals surface area (Å²) in [7, 11) is 0. The van der Waals surface area contributed by atoms with Gasteiger partial charge in [0.15, 0.2) is 5.82 Å². The molecule has 0 atom stereocenters. The summed E-state index contributed by atoms with van der Waals surface area (Å²) in [5.41, 5.74) is 2.41. The molecule has 124 valence electrons. The van der Waals surface area contributed by atoms with E-state index in [2.05, 4.69) is 65.6 Å². The van der Waals surface area contributed by atoms with Crippen molar-refractivity contribution in [3.8, 4) is 0 Å². The molecule has 1 saturated heterocycles. The van der Waals surface area contributed by atoms with E-state index in [4.69, 9.17) is 0 Å². The van der Waals surface area contributed by atoms with Crippen LogP contribution < -0.4 is 10.2 Å². The van der Waals surface area contributed by atoms with E-state index < -0.39 is 0 Å². The number of anilines is 1. The molecule has 2 aromatic heterocycles. The summed E-state index contributed by atoms with van der Waals surface area (Å²) in [6, 6.07) is 13.0. The van der Waals surface area contributed by atoms with Gasteiger partial charge in [0, 0.05) is 52.9 Å². The van der Waals surface area contributed by atoms with Crippen molar-refractivity contribution in [3.63, 3.8) is 0 Å². The van der Waals surface area contributed by atoms with Crippen molar-refractivity contribution in [2.45, 2.75) is 25.4 Å². The molecular weight excluding hydrogens is 366 g/mol. The number of nitrogens with one attached hydrogen (secondary N) is 2. The zero-order valence-electron chi connectivity index (χ0n) is 13.4. The van der Waals surface area contributed by atoms with Gasteiger partial charge in [-0.2, -0.15) is 5.10 Å². The smallest absolute Gasteiger partial charge is 0.151 e. The molecule has 0 unspecified atom stereocenters. The molecule has 0 spiro atoms. The van der Waals surface area contributed by atoms with Gasteiger partial charge >= 0.3 is 0 Å². The number of aromatic amines is 1. The molecule has 1 aliphatic rings. The van der Waals surface area contributed by atoms with Gasteiger partial charge in [0.2, 0.25) is 0 Å². The van der Waals surface area contributed by atoms with Gasteiger partial charge < -0.3 is 15.2 Å². The summed E-state index contributed by atoms with van der Waals surface area (Å²) in [4.78, 5) is 5.80. The maximum absolute atomic E-state index is 4.20. The summed E-state index contributed by atoms with van der Waals surface area (Å²) in [6.07, 6.45) is 3.97. The number of hydrogen-bond donors (Lipinski definition) is 2. The molecule has 0 bridgehead atoms. The molecule has 1 aromatic carbocycles. The third kappa shape index (κ3) is 3.30. The van der Waals surface area contributed by atoms with Gasteiger partial charge in [-0.3, -0.25) is 0 Å². The van der Waals surface area contributed by atoms with Crippen LogP contribution in [0.1, 0.15) is 18.5 Å². The summed E-state index contributed by atoms with van der Waals surface area (Å²) < 4.78 is 1.14. The van der Waals surface area contributed by atoms with Gasteiger partial charge in [0.25, 0.3) is 0 Å². The first-order valence-electron chi connectivity index (χ1n) is 8.32. The van der Waals surface area contributed by atoms with Crippen LogP contribution in [-0.2, 0) is 6.54 Å².